The fraction of sp³-hybridized carbons (Fsp3) is 0.412. The number of hydrogen-bond donors (Lipinski definition) is 2. The zero-order chi connectivity index (χ0) is 17.9. The summed E-state index contributed by atoms with van der Waals surface area (Å²) in [7, 11) is 0. The molecule has 0 unspecified atom stereocenters. The summed E-state index contributed by atoms with van der Waals surface area (Å²) in [5.41, 5.74) is 6.45. The Morgan fingerprint density at radius 3 is 2.48 bits per heavy atom. The largest absolute Gasteiger partial charge is 0.435 e. The molecule has 0 aliphatic heterocycles. The highest BCUT2D eigenvalue weighted by molar-refractivity contribution is 5.78. The van der Waals surface area contributed by atoms with Crippen molar-refractivity contribution in [2.24, 2.45) is 10.7 Å². The minimum absolute atomic E-state index is 0.411. The third-order valence-corrected chi connectivity index (χ3v) is 4.22. The lowest BCUT2D eigenvalue weighted by molar-refractivity contribution is -0.141. The van der Waals surface area contributed by atoms with E-state index < -0.39 is 11.9 Å². The molecule has 1 aliphatic rings. The summed E-state index contributed by atoms with van der Waals surface area (Å²) in [6.07, 6.45) is 1.53. The van der Waals surface area contributed by atoms with Crippen molar-refractivity contribution in [3.63, 3.8) is 0 Å². The second kappa shape index (κ2) is 7.16. The lowest BCUT2D eigenvalue weighted by Gasteiger charge is -2.12. The number of rotatable bonds is 4. The van der Waals surface area contributed by atoms with E-state index in [0.29, 0.717) is 24.2 Å². The molecule has 3 rings (SSSR count). The zero-order valence-electron chi connectivity index (χ0n) is 13.6. The molecule has 0 spiro atoms. The van der Waals surface area contributed by atoms with Gasteiger partial charge in [-0.25, -0.2) is 9.67 Å². The summed E-state index contributed by atoms with van der Waals surface area (Å²) in [5, 5.41) is 6.76. The van der Waals surface area contributed by atoms with Gasteiger partial charge in [0.15, 0.2) is 11.7 Å². The molecule has 134 valence electrons. The van der Waals surface area contributed by atoms with Crippen molar-refractivity contribution in [2.45, 2.75) is 44.4 Å². The van der Waals surface area contributed by atoms with Gasteiger partial charge < -0.3 is 11.1 Å². The number of benzene rings is 1. The van der Waals surface area contributed by atoms with Crippen LogP contribution in [0.2, 0.25) is 0 Å². The molecule has 8 heteroatoms. The first-order valence-corrected chi connectivity index (χ1v) is 8.20. The smallest absolute Gasteiger partial charge is 0.370 e. The Hall–Kier alpha value is -2.51. The molecule has 0 radical (unpaired) electrons. The third kappa shape index (κ3) is 4.52. The van der Waals surface area contributed by atoms with E-state index in [1.54, 1.807) is 24.3 Å². The molecule has 5 nitrogen and oxygen atoms in total. The Balaban J connectivity index is 1.61. The van der Waals surface area contributed by atoms with Crippen LogP contribution in [-0.4, -0.2) is 21.8 Å². The molecular weight excluding hydrogens is 331 g/mol. The first kappa shape index (κ1) is 17.3. The van der Waals surface area contributed by atoms with Crippen LogP contribution in [0.5, 0.6) is 0 Å². The maximum atomic E-state index is 12.6. The quantitative estimate of drug-likeness (QED) is 0.656. The van der Waals surface area contributed by atoms with Gasteiger partial charge >= 0.3 is 6.18 Å². The highest BCUT2D eigenvalue weighted by Gasteiger charge is 2.33. The Kier molecular flexibility index (Phi) is 4.96. The number of hydrogen-bond acceptors (Lipinski definition) is 2. The summed E-state index contributed by atoms with van der Waals surface area (Å²) in [4.78, 5) is 4.31. The number of nitrogens with zero attached hydrogens (tertiary/aromatic N) is 3. The van der Waals surface area contributed by atoms with Crippen LogP contribution in [0, 0.1) is 0 Å². The van der Waals surface area contributed by atoms with E-state index >= 15 is 0 Å². The van der Waals surface area contributed by atoms with Gasteiger partial charge in [-0.05, 0) is 36.6 Å². The summed E-state index contributed by atoms with van der Waals surface area (Å²) in [6, 6.07) is 8.38. The Morgan fingerprint density at radius 1 is 1.20 bits per heavy atom. The SMILES string of the molecule is NC(=NCc1ccc(-n2ccc(C(F)(F)F)n2)cc1)NC1CCCC1. The van der Waals surface area contributed by atoms with Crippen LogP contribution in [-0.2, 0) is 12.7 Å². The molecule has 25 heavy (non-hydrogen) atoms. The molecule has 1 saturated carbocycles. The Bertz CT molecular complexity index is 727. The number of alkyl halides is 3. The van der Waals surface area contributed by atoms with Crippen LogP contribution >= 0.6 is 0 Å². The summed E-state index contributed by atoms with van der Waals surface area (Å²) in [5.74, 6) is 0.429. The second-order valence-electron chi connectivity index (χ2n) is 6.14. The first-order chi connectivity index (χ1) is 11.9. The molecule has 2 aromatic rings. The van der Waals surface area contributed by atoms with E-state index in [4.69, 9.17) is 5.73 Å². The molecule has 0 amide bonds. The number of halogens is 3. The number of aliphatic imine (C=N–C) groups is 1. The molecule has 0 bridgehead atoms. The van der Waals surface area contributed by atoms with E-state index in [9.17, 15) is 13.2 Å². The van der Waals surface area contributed by atoms with Gasteiger partial charge in [-0.3, -0.25) is 0 Å². The van der Waals surface area contributed by atoms with Crippen LogP contribution < -0.4 is 11.1 Å². The van der Waals surface area contributed by atoms with Gasteiger partial charge in [0.2, 0.25) is 0 Å². The molecule has 1 aromatic heterocycles. The van der Waals surface area contributed by atoms with E-state index in [1.807, 2.05) is 0 Å². The molecule has 3 N–H and O–H groups in total. The minimum atomic E-state index is -4.44. The predicted molar refractivity (Wildman–Crippen MR) is 89.3 cm³/mol. The van der Waals surface area contributed by atoms with Gasteiger partial charge in [-0.15, -0.1) is 0 Å². The van der Waals surface area contributed by atoms with Crippen LogP contribution in [0.15, 0.2) is 41.5 Å². The van der Waals surface area contributed by atoms with Gasteiger partial charge in [-0.1, -0.05) is 25.0 Å². The summed E-state index contributed by atoms with van der Waals surface area (Å²) < 4.78 is 39.0. The van der Waals surface area contributed by atoms with E-state index in [-0.39, 0.29) is 0 Å². The molecular formula is C17H20F3N5. The molecule has 1 fully saturated rings. The van der Waals surface area contributed by atoms with Gasteiger partial charge in [0.05, 0.1) is 12.2 Å². The van der Waals surface area contributed by atoms with E-state index in [1.165, 1.54) is 23.7 Å². The van der Waals surface area contributed by atoms with Gasteiger partial charge in [0, 0.05) is 12.2 Å². The van der Waals surface area contributed by atoms with E-state index in [0.717, 1.165) is 24.5 Å². The van der Waals surface area contributed by atoms with Crippen molar-refractivity contribution in [3.05, 3.63) is 47.8 Å². The second-order valence-corrected chi connectivity index (χ2v) is 6.14. The van der Waals surface area contributed by atoms with Crippen molar-refractivity contribution in [1.29, 1.82) is 0 Å². The van der Waals surface area contributed by atoms with Crippen LogP contribution in [0.4, 0.5) is 13.2 Å². The monoisotopic (exact) mass is 351 g/mol. The van der Waals surface area contributed by atoms with Crippen molar-refractivity contribution < 1.29 is 13.2 Å². The highest BCUT2D eigenvalue weighted by Crippen LogP contribution is 2.27. The third-order valence-electron chi connectivity index (χ3n) is 4.22. The van der Waals surface area contributed by atoms with Crippen molar-refractivity contribution >= 4 is 5.96 Å². The summed E-state index contributed by atoms with van der Waals surface area (Å²) >= 11 is 0. The molecule has 0 atom stereocenters. The van der Waals surface area contributed by atoms with Gasteiger partial charge in [-0.2, -0.15) is 18.3 Å². The van der Waals surface area contributed by atoms with Crippen molar-refractivity contribution in [3.8, 4) is 5.69 Å². The number of guanidine groups is 1. The molecule has 1 aromatic carbocycles. The van der Waals surface area contributed by atoms with Crippen LogP contribution in [0.1, 0.15) is 36.9 Å². The van der Waals surface area contributed by atoms with Gasteiger partial charge in [0.25, 0.3) is 0 Å². The average Bonchev–Trinajstić information content (AvgIpc) is 3.24. The van der Waals surface area contributed by atoms with Crippen molar-refractivity contribution in [2.75, 3.05) is 0 Å². The Morgan fingerprint density at radius 2 is 1.88 bits per heavy atom. The lowest BCUT2D eigenvalue weighted by Crippen LogP contribution is -2.38. The van der Waals surface area contributed by atoms with Crippen molar-refractivity contribution in [1.82, 2.24) is 15.1 Å². The average molecular weight is 351 g/mol. The number of nitrogens with two attached hydrogens (primary N) is 1. The molecule has 1 aliphatic carbocycles. The normalized spacial score (nSPS) is 16.4. The maximum Gasteiger partial charge on any atom is 0.435 e. The topological polar surface area (TPSA) is 68.2 Å². The van der Waals surface area contributed by atoms with Crippen LogP contribution in [0.3, 0.4) is 0 Å². The predicted octanol–water partition coefficient (Wildman–Crippen LogP) is 3.24. The van der Waals surface area contributed by atoms with Gasteiger partial charge in [0.1, 0.15) is 0 Å². The number of aromatic nitrogens is 2. The lowest BCUT2D eigenvalue weighted by atomic mass is 10.2. The van der Waals surface area contributed by atoms with E-state index in [2.05, 4.69) is 15.4 Å². The fourth-order valence-electron chi connectivity index (χ4n) is 2.87. The molecule has 1 heterocycles. The maximum absolute atomic E-state index is 12.6. The molecule has 0 saturated heterocycles. The minimum Gasteiger partial charge on any atom is -0.370 e. The highest BCUT2D eigenvalue weighted by atomic mass is 19.4. The Labute approximate surface area is 143 Å². The fourth-order valence-corrected chi connectivity index (χ4v) is 2.87. The zero-order valence-corrected chi connectivity index (χ0v) is 13.6. The summed E-state index contributed by atoms with van der Waals surface area (Å²) in [6.45, 7) is 0.415. The standard InChI is InChI=1S/C17H20F3N5/c18-17(19,20)15-9-10-25(24-15)14-7-5-12(6-8-14)11-22-16(21)23-13-3-1-2-4-13/h5-10,13H,1-4,11H2,(H3,21,22,23). The number of nitrogens with one attached hydrogen (secondary N) is 1. The van der Waals surface area contributed by atoms with Crippen LogP contribution in [0.25, 0.3) is 5.69 Å². The first-order valence-electron chi connectivity index (χ1n) is 8.20.